The van der Waals surface area contributed by atoms with Crippen LogP contribution in [0.5, 0.6) is 11.5 Å². The van der Waals surface area contributed by atoms with Crippen LogP contribution in [0.2, 0.25) is 5.02 Å². The molecule has 0 spiro atoms. The second-order valence-electron chi connectivity index (χ2n) is 4.45. The average Bonchev–Trinajstić information content (AvgIpc) is 2.59. The predicted octanol–water partition coefficient (Wildman–Crippen LogP) is 2.43. The Morgan fingerprint density at radius 1 is 0.913 bits per heavy atom. The van der Waals surface area contributed by atoms with E-state index < -0.39 is 11.8 Å². The van der Waals surface area contributed by atoms with Crippen molar-refractivity contribution in [2.45, 2.75) is 0 Å². The van der Waals surface area contributed by atoms with Crippen LogP contribution >= 0.6 is 11.6 Å². The van der Waals surface area contributed by atoms with E-state index in [-0.39, 0.29) is 11.1 Å². The van der Waals surface area contributed by atoms with E-state index in [1.807, 2.05) is 0 Å². The summed E-state index contributed by atoms with van der Waals surface area (Å²) in [6.07, 6.45) is 0. The van der Waals surface area contributed by atoms with E-state index in [9.17, 15) is 9.59 Å². The molecule has 23 heavy (non-hydrogen) atoms. The molecule has 0 fully saturated rings. The fourth-order valence-corrected chi connectivity index (χ4v) is 2.11. The van der Waals surface area contributed by atoms with Crippen molar-refractivity contribution in [2.24, 2.45) is 0 Å². The molecule has 0 aromatic heterocycles. The highest BCUT2D eigenvalue weighted by Gasteiger charge is 2.15. The van der Waals surface area contributed by atoms with E-state index >= 15 is 0 Å². The Morgan fingerprint density at radius 3 is 2.17 bits per heavy atom. The van der Waals surface area contributed by atoms with Gasteiger partial charge in [0.2, 0.25) is 0 Å². The van der Waals surface area contributed by atoms with Gasteiger partial charge in [-0.2, -0.15) is 0 Å². The van der Waals surface area contributed by atoms with Crippen LogP contribution in [0.25, 0.3) is 0 Å². The first-order valence-corrected chi connectivity index (χ1v) is 7.02. The Morgan fingerprint density at radius 2 is 1.57 bits per heavy atom. The first kappa shape index (κ1) is 16.6. The lowest BCUT2D eigenvalue weighted by atomic mass is 10.2. The number of halogens is 1. The molecular formula is C16H15ClN2O4. The van der Waals surface area contributed by atoms with Gasteiger partial charge in [0.1, 0.15) is 11.5 Å². The highest BCUT2D eigenvalue weighted by atomic mass is 35.5. The molecule has 0 bridgehead atoms. The zero-order valence-corrected chi connectivity index (χ0v) is 13.3. The lowest BCUT2D eigenvalue weighted by molar-refractivity contribution is 0.0845. The molecule has 0 aliphatic carbocycles. The third kappa shape index (κ3) is 3.92. The summed E-state index contributed by atoms with van der Waals surface area (Å²) in [7, 11) is 2.93. The van der Waals surface area contributed by atoms with Gasteiger partial charge >= 0.3 is 0 Å². The smallest absolute Gasteiger partial charge is 0.273 e. The van der Waals surface area contributed by atoms with Crippen LogP contribution in [0, 0.1) is 0 Å². The third-order valence-electron chi connectivity index (χ3n) is 3.06. The number of ether oxygens (including phenoxy) is 2. The Kier molecular flexibility index (Phi) is 5.43. The molecule has 0 radical (unpaired) electrons. The standard InChI is InChI=1S/C16H15ClN2O4/c1-22-10-7-8-14(23-2)12(9-10)16(21)19-18-15(20)11-5-3-4-6-13(11)17/h3-9H,1-2H3,(H,18,20)(H,19,21). The summed E-state index contributed by atoms with van der Waals surface area (Å²) < 4.78 is 10.2. The number of nitrogens with one attached hydrogen (secondary N) is 2. The summed E-state index contributed by atoms with van der Waals surface area (Å²) in [5, 5.41) is 0.290. The Hall–Kier alpha value is -2.73. The minimum Gasteiger partial charge on any atom is -0.497 e. The molecule has 0 aliphatic heterocycles. The number of hydrogen-bond acceptors (Lipinski definition) is 4. The fraction of sp³-hybridized carbons (Fsp3) is 0.125. The van der Waals surface area contributed by atoms with E-state index in [4.69, 9.17) is 21.1 Å². The number of hydrogen-bond donors (Lipinski definition) is 2. The van der Waals surface area contributed by atoms with E-state index in [0.29, 0.717) is 16.5 Å². The van der Waals surface area contributed by atoms with Gasteiger partial charge in [-0.15, -0.1) is 0 Å². The van der Waals surface area contributed by atoms with Crippen LogP contribution in [-0.4, -0.2) is 26.0 Å². The average molecular weight is 335 g/mol. The van der Waals surface area contributed by atoms with Gasteiger partial charge in [-0.1, -0.05) is 23.7 Å². The van der Waals surface area contributed by atoms with Crippen LogP contribution in [0.15, 0.2) is 42.5 Å². The van der Waals surface area contributed by atoms with Crippen molar-refractivity contribution in [3.63, 3.8) is 0 Å². The summed E-state index contributed by atoms with van der Waals surface area (Å²) >= 11 is 5.93. The predicted molar refractivity (Wildman–Crippen MR) is 85.9 cm³/mol. The molecule has 0 saturated heterocycles. The Bertz CT molecular complexity index is 734. The molecule has 0 atom stereocenters. The molecule has 0 heterocycles. The normalized spacial score (nSPS) is 9.87. The molecule has 7 heteroatoms. The number of hydrazine groups is 1. The molecule has 0 unspecified atom stereocenters. The van der Waals surface area contributed by atoms with Gasteiger partial charge in [-0.05, 0) is 30.3 Å². The van der Waals surface area contributed by atoms with Crippen LogP contribution < -0.4 is 20.3 Å². The van der Waals surface area contributed by atoms with Gasteiger partial charge in [0.25, 0.3) is 11.8 Å². The minimum atomic E-state index is -0.541. The number of carbonyl (C=O) groups is 2. The first-order valence-electron chi connectivity index (χ1n) is 6.64. The fourth-order valence-electron chi connectivity index (χ4n) is 1.89. The van der Waals surface area contributed by atoms with E-state index in [0.717, 1.165) is 0 Å². The maximum Gasteiger partial charge on any atom is 0.273 e. The molecule has 2 amide bonds. The van der Waals surface area contributed by atoms with Crippen LogP contribution in [-0.2, 0) is 0 Å². The quantitative estimate of drug-likeness (QED) is 0.842. The van der Waals surface area contributed by atoms with Gasteiger partial charge in [0, 0.05) is 0 Å². The second kappa shape index (κ2) is 7.51. The van der Waals surface area contributed by atoms with Gasteiger partial charge in [0.15, 0.2) is 0 Å². The van der Waals surface area contributed by atoms with Crippen molar-refractivity contribution < 1.29 is 19.1 Å². The van der Waals surface area contributed by atoms with Gasteiger partial charge in [-0.3, -0.25) is 20.4 Å². The van der Waals surface area contributed by atoms with Gasteiger partial charge in [0.05, 0.1) is 30.4 Å². The second-order valence-corrected chi connectivity index (χ2v) is 4.86. The zero-order chi connectivity index (χ0) is 16.8. The van der Waals surface area contributed by atoms with Crippen molar-refractivity contribution in [3.8, 4) is 11.5 Å². The van der Waals surface area contributed by atoms with Crippen LogP contribution in [0.1, 0.15) is 20.7 Å². The largest absolute Gasteiger partial charge is 0.497 e. The highest BCUT2D eigenvalue weighted by Crippen LogP contribution is 2.23. The summed E-state index contributed by atoms with van der Waals surface area (Å²) in [5.74, 6) is -0.212. The number of rotatable bonds is 4. The molecule has 0 aliphatic rings. The summed E-state index contributed by atoms with van der Waals surface area (Å²) in [6, 6.07) is 11.3. The summed E-state index contributed by atoms with van der Waals surface area (Å²) in [5.41, 5.74) is 5.11. The lowest BCUT2D eigenvalue weighted by Gasteiger charge is -2.12. The highest BCUT2D eigenvalue weighted by molar-refractivity contribution is 6.33. The molecule has 6 nitrogen and oxygen atoms in total. The van der Waals surface area contributed by atoms with Gasteiger partial charge in [-0.25, -0.2) is 0 Å². The number of amides is 2. The SMILES string of the molecule is COc1ccc(OC)c(C(=O)NNC(=O)c2ccccc2Cl)c1. The summed E-state index contributed by atoms with van der Waals surface area (Å²) in [6.45, 7) is 0. The molecule has 2 aromatic rings. The van der Waals surface area contributed by atoms with E-state index in [1.165, 1.54) is 20.3 Å². The monoisotopic (exact) mass is 334 g/mol. The molecule has 2 aromatic carbocycles. The van der Waals surface area contributed by atoms with Gasteiger partial charge < -0.3 is 9.47 Å². The van der Waals surface area contributed by atoms with E-state index in [1.54, 1.807) is 36.4 Å². The third-order valence-corrected chi connectivity index (χ3v) is 3.39. The molecule has 2 N–H and O–H groups in total. The minimum absolute atomic E-state index is 0.228. The van der Waals surface area contributed by atoms with Crippen LogP contribution in [0.3, 0.4) is 0 Å². The Labute approximate surface area is 138 Å². The van der Waals surface area contributed by atoms with Crippen molar-refractivity contribution in [1.29, 1.82) is 0 Å². The first-order chi connectivity index (χ1) is 11.1. The molecule has 120 valence electrons. The molecule has 2 rings (SSSR count). The van der Waals surface area contributed by atoms with Crippen LogP contribution in [0.4, 0.5) is 0 Å². The summed E-state index contributed by atoms with van der Waals surface area (Å²) in [4.78, 5) is 24.2. The maximum atomic E-state index is 12.2. The van der Waals surface area contributed by atoms with Crippen molar-refractivity contribution >= 4 is 23.4 Å². The maximum absolute atomic E-state index is 12.2. The molecular weight excluding hydrogens is 320 g/mol. The zero-order valence-electron chi connectivity index (χ0n) is 12.6. The lowest BCUT2D eigenvalue weighted by Crippen LogP contribution is -2.41. The van der Waals surface area contributed by atoms with E-state index in [2.05, 4.69) is 10.9 Å². The van der Waals surface area contributed by atoms with Crippen molar-refractivity contribution in [1.82, 2.24) is 10.9 Å². The number of methoxy groups -OCH3 is 2. The molecule has 0 saturated carbocycles. The van der Waals surface area contributed by atoms with Crippen molar-refractivity contribution in [3.05, 3.63) is 58.6 Å². The number of benzene rings is 2. The topological polar surface area (TPSA) is 76.7 Å². The Balaban J connectivity index is 2.11. The number of carbonyl (C=O) groups excluding carboxylic acids is 2. The van der Waals surface area contributed by atoms with Crippen molar-refractivity contribution in [2.75, 3.05) is 14.2 Å².